The van der Waals surface area contributed by atoms with Crippen molar-refractivity contribution in [3.8, 4) is 10.4 Å². The molecule has 3 aromatic heterocycles. The number of rotatable bonds is 8. The second kappa shape index (κ2) is 10.3. The minimum atomic E-state index is -0.555. The van der Waals surface area contributed by atoms with Crippen molar-refractivity contribution < 1.29 is 19.2 Å². The summed E-state index contributed by atoms with van der Waals surface area (Å²) in [7, 11) is 1.52. The molecule has 4 rings (SSSR count). The number of thiazole rings is 1. The first-order valence-corrected chi connectivity index (χ1v) is 11.2. The van der Waals surface area contributed by atoms with Crippen molar-refractivity contribution in [1.29, 1.82) is 0 Å². The molecule has 1 aliphatic rings. The molecule has 2 amide bonds. The molecule has 34 heavy (non-hydrogen) atoms. The summed E-state index contributed by atoms with van der Waals surface area (Å²) in [6, 6.07) is 2.77. The predicted octanol–water partition coefficient (Wildman–Crippen LogP) is 3.36. The third kappa shape index (κ3) is 4.84. The largest absolute Gasteiger partial charge is 0.383 e. The molecule has 13 heteroatoms. The average molecular weight is 484 g/mol. The summed E-state index contributed by atoms with van der Waals surface area (Å²) >= 11 is 1.40. The number of pyridine rings is 2. The quantitative estimate of drug-likeness (QED) is 0.212. The Morgan fingerprint density at radius 3 is 2.94 bits per heavy atom. The molecule has 0 aliphatic carbocycles. The number of amides is 2. The van der Waals surface area contributed by atoms with Gasteiger partial charge < -0.3 is 10.1 Å². The van der Waals surface area contributed by atoms with Crippen LogP contribution in [0.25, 0.3) is 10.4 Å². The van der Waals surface area contributed by atoms with E-state index in [1.165, 1.54) is 29.4 Å². The van der Waals surface area contributed by atoms with Gasteiger partial charge in [-0.15, -0.1) is 11.3 Å². The van der Waals surface area contributed by atoms with Crippen molar-refractivity contribution in [3.05, 3.63) is 51.4 Å². The molecule has 0 unspecified atom stereocenters. The van der Waals surface area contributed by atoms with Crippen molar-refractivity contribution in [1.82, 2.24) is 15.0 Å². The van der Waals surface area contributed by atoms with Crippen LogP contribution in [0.4, 0.5) is 27.8 Å². The minimum absolute atomic E-state index is 0.138. The monoisotopic (exact) mass is 483 g/mol. The molecule has 0 atom stereocenters. The first-order chi connectivity index (χ1) is 16.5. The number of aldehydes is 1. The van der Waals surface area contributed by atoms with E-state index >= 15 is 0 Å². The van der Waals surface area contributed by atoms with Crippen molar-refractivity contribution >= 4 is 46.7 Å². The van der Waals surface area contributed by atoms with Gasteiger partial charge in [0, 0.05) is 38.0 Å². The third-order valence-corrected chi connectivity index (χ3v) is 5.99. The SMILES string of the molecule is COCCNc1cc(NC(=O)N2CCCc3cc(-c4cncs4)c(C=O)nc32)ncc1[N+](=O)[O-]. The van der Waals surface area contributed by atoms with Crippen molar-refractivity contribution in [2.45, 2.75) is 12.8 Å². The second-order valence-corrected chi connectivity index (χ2v) is 8.22. The number of aryl methyl sites for hydroxylation is 1. The Hall–Kier alpha value is -3.97. The van der Waals surface area contributed by atoms with Crippen LogP contribution in [0.5, 0.6) is 0 Å². The first kappa shape index (κ1) is 23.2. The Balaban J connectivity index is 1.60. The van der Waals surface area contributed by atoms with Crippen LogP contribution in [0, 0.1) is 10.1 Å². The normalized spacial score (nSPS) is 12.7. The van der Waals surface area contributed by atoms with Gasteiger partial charge in [0.1, 0.15) is 29.2 Å². The van der Waals surface area contributed by atoms with Crippen molar-refractivity contribution in [3.63, 3.8) is 0 Å². The number of methoxy groups -OCH3 is 1. The molecule has 0 radical (unpaired) electrons. The fourth-order valence-electron chi connectivity index (χ4n) is 3.61. The summed E-state index contributed by atoms with van der Waals surface area (Å²) in [6.45, 7) is 1.09. The molecule has 0 saturated carbocycles. The molecule has 0 saturated heterocycles. The number of nitrogens with zero attached hydrogens (tertiary/aromatic N) is 5. The Morgan fingerprint density at radius 2 is 2.24 bits per heavy atom. The first-order valence-electron chi connectivity index (χ1n) is 10.4. The lowest BCUT2D eigenvalue weighted by molar-refractivity contribution is -0.384. The Morgan fingerprint density at radius 1 is 1.38 bits per heavy atom. The number of fused-ring (bicyclic) bond motifs is 1. The van der Waals surface area contributed by atoms with E-state index in [-0.39, 0.29) is 22.9 Å². The van der Waals surface area contributed by atoms with Crippen molar-refractivity contribution in [2.24, 2.45) is 0 Å². The van der Waals surface area contributed by atoms with E-state index in [0.717, 1.165) is 16.6 Å². The Bertz CT molecular complexity index is 1220. The van der Waals surface area contributed by atoms with Crippen LogP contribution in [0.2, 0.25) is 0 Å². The third-order valence-electron chi connectivity index (χ3n) is 5.18. The molecule has 4 heterocycles. The highest BCUT2D eigenvalue weighted by Gasteiger charge is 2.27. The van der Waals surface area contributed by atoms with Gasteiger partial charge in [-0.1, -0.05) is 0 Å². The number of nitrogens with one attached hydrogen (secondary N) is 2. The minimum Gasteiger partial charge on any atom is -0.383 e. The number of anilines is 3. The molecule has 3 aromatic rings. The molecule has 0 fully saturated rings. The van der Waals surface area contributed by atoms with Crippen LogP contribution in [0.3, 0.4) is 0 Å². The number of nitro groups is 1. The maximum absolute atomic E-state index is 13.1. The maximum atomic E-state index is 13.1. The van der Waals surface area contributed by atoms with Gasteiger partial charge in [-0.3, -0.25) is 30.1 Å². The number of urea groups is 1. The highest BCUT2D eigenvalue weighted by Crippen LogP contribution is 2.33. The molecule has 0 spiro atoms. The zero-order chi connectivity index (χ0) is 24.1. The lowest BCUT2D eigenvalue weighted by Gasteiger charge is -2.29. The molecule has 1 aliphatic heterocycles. The number of ether oxygens (including phenoxy) is 1. The molecule has 12 nitrogen and oxygen atoms in total. The highest BCUT2D eigenvalue weighted by atomic mass is 32.1. The van der Waals surface area contributed by atoms with Crippen LogP contribution < -0.4 is 15.5 Å². The number of hydrogen-bond acceptors (Lipinski definition) is 10. The summed E-state index contributed by atoms with van der Waals surface area (Å²) in [5.74, 6) is 0.541. The lowest BCUT2D eigenvalue weighted by atomic mass is 10.0. The van der Waals surface area contributed by atoms with Crippen LogP contribution in [0.15, 0.2) is 30.0 Å². The average Bonchev–Trinajstić information content (AvgIpc) is 3.37. The zero-order valence-corrected chi connectivity index (χ0v) is 19.0. The van der Waals surface area contributed by atoms with Gasteiger partial charge in [-0.25, -0.2) is 14.8 Å². The smallest absolute Gasteiger partial charge is 0.328 e. The van der Waals surface area contributed by atoms with Crippen LogP contribution in [-0.2, 0) is 11.2 Å². The Kier molecular flexibility index (Phi) is 7.04. The van der Waals surface area contributed by atoms with E-state index in [1.54, 1.807) is 11.7 Å². The summed E-state index contributed by atoms with van der Waals surface area (Å²) in [4.78, 5) is 50.4. The number of carbonyl (C=O) groups is 2. The predicted molar refractivity (Wildman–Crippen MR) is 127 cm³/mol. The van der Waals surface area contributed by atoms with E-state index in [1.807, 2.05) is 6.07 Å². The van der Waals surface area contributed by atoms with Gasteiger partial charge in [0.25, 0.3) is 0 Å². The second-order valence-electron chi connectivity index (χ2n) is 7.34. The van der Waals surface area contributed by atoms with Gasteiger partial charge in [0.05, 0.1) is 21.9 Å². The number of aromatic nitrogens is 3. The molecule has 0 bridgehead atoms. The van der Waals surface area contributed by atoms with E-state index in [9.17, 15) is 19.7 Å². The van der Waals surface area contributed by atoms with E-state index < -0.39 is 11.0 Å². The van der Waals surface area contributed by atoms with Gasteiger partial charge >= 0.3 is 11.7 Å². The van der Waals surface area contributed by atoms with E-state index in [0.29, 0.717) is 50.2 Å². The fourth-order valence-corrected chi connectivity index (χ4v) is 4.26. The van der Waals surface area contributed by atoms with Crippen LogP contribution in [0.1, 0.15) is 22.5 Å². The molecule has 176 valence electrons. The van der Waals surface area contributed by atoms with Crippen molar-refractivity contribution in [2.75, 3.05) is 42.3 Å². The van der Waals surface area contributed by atoms with Gasteiger partial charge in [0.15, 0.2) is 6.29 Å². The lowest BCUT2D eigenvalue weighted by Crippen LogP contribution is -2.39. The molecular formula is C21H21N7O5S. The van der Waals surface area contributed by atoms with Crippen LogP contribution in [-0.4, -0.2) is 59.0 Å². The summed E-state index contributed by atoms with van der Waals surface area (Å²) in [5, 5.41) is 16.9. The van der Waals surface area contributed by atoms with Gasteiger partial charge in [0.2, 0.25) is 0 Å². The number of hydrogen-bond donors (Lipinski definition) is 2. The van der Waals surface area contributed by atoms with Gasteiger partial charge in [-0.05, 0) is 24.5 Å². The molecule has 0 aromatic carbocycles. The molecular weight excluding hydrogens is 462 g/mol. The number of carbonyl (C=O) groups excluding carboxylic acids is 2. The summed E-state index contributed by atoms with van der Waals surface area (Å²) in [6.07, 6.45) is 4.84. The zero-order valence-electron chi connectivity index (χ0n) is 18.2. The van der Waals surface area contributed by atoms with Crippen LogP contribution >= 0.6 is 11.3 Å². The van der Waals surface area contributed by atoms with E-state index in [2.05, 4.69) is 25.6 Å². The highest BCUT2D eigenvalue weighted by molar-refractivity contribution is 7.13. The maximum Gasteiger partial charge on any atom is 0.328 e. The Labute approximate surface area is 198 Å². The summed E-state index contributed by atoms with van der Waals surface area (Å²) in [5.41, 5.74) is 3.42. The fraction of sp³-hybridized carbons (Fsp3) is 0.286. The van der Waals surface area contributed by atoms with E-state index in [4.69, 9.17) is 4.74 Å². The summed E-state index contributed by atoms with van der Waals surface area (Å²) < 4.78 is 4.96. The standard InChI is InChI=1S/C21H21N7O5S/c1-33-6-4-23-15-8-19(24-9-17(15)28(31)32)26-21(30)27-5-2-3-13-7-14(18-10-22-12-34-18)16(11-29)25-20(13)27/h7-12H,2-6H2,1H3,(H2,23,24,26,30). The topological polar surface area (TPSA) is 152 Å². The molecule has 2 N–H and O–H groups in total. The van der Waals surface area contributed by atoms with Gasteiger partial charge in [-0.2, -0.15) is 0 Å².